The molecule has 0 saturated carbocycles. The van der Waals surface area contributed by atoms with E-state index in [-0.39, 0.29) is 6.61 Å². The number of hydrogen-bond acceptors (Lipinski definition) is 2. The van der Waals surface area contributed by atoms with Crippen molar-refractivity contribution in [3.8, 4) is 0 Å². The Morgan fingerprint density at radius 2 is 1.94 bits per heavy atom. The quantitative estimate of drug-likeness (QED) is 0.350. The lowest BCUT2D eigenvalue weighted by molar-refractivity contribution is -0.137. The second-order valence-corrected chi connectivity index (χ2v) is 3.61. The maximum atomic E-state index is 13.2. The van der Waals surface area contributed by atoms with Crippen LogP contribution in [-0.2, 0) is 9.53 Å². The van der Waals surface area contributed by atoms with Crippen molar-refractivity contribution in [3.63, 3.8) is 0 Å². The normalized spacial score (nSPS) is 10.9. The number of carbonyl (C=O) groups excluding carboxylic acids is 1. The summed E-state index contributed by atoms with van der Waals surface area (Å²) in [7, 11) is 0. The third-order valence-corrected chi connectivity index (χ3v) is 2.21. The fourth-order valence-corrected chi connectivity index (χ4v) is 1.21. The summed E-state index contributed by atoms with van der Waals surface area (Å²) in [5.41, 5.74) is -0.595. The average Bonchev–Trinajstić information content (AvgIpc) is 2.34. The van der Waals surface area contributed by atoms with Crippen LogP contribution in [0.4, 0.5) is 13.2 Å². The summed E-state index contributed by atoms with van der Waals surface area (Å²) in [6.45, 7) is 2.18. The SMILES string of the molecule is CCCCOC(=O)/C=C/c1c(F)ccc(F)c1F. The summed E-state index contributed by atoms with van der Waals surface area (Å²) in [6, 6.07) is 1.47. The molecule has 18 heavy (non-hydrogen) atoms. The Bertz CT molecular complexity index is 456. The lowest BCUT2D eigenvalue weighted by atomic mass is 10.2. The van der Waals surface area contributed by atoms with E-state index in [0.717, 1.165) is 24.6 Å². The summed E-state index contributed by atoms with van der Waals surface area (Å²) in [5.74, 6) is -4.15. The predicted molar refractivity (Wildman–Crippen MR) is 61.2 cm³/mol. The molecule has 0 amide bonds. The zero-order valence-corrected chi connectivity index (χ0v) is 9.88. The lowest BCUT2D eigenvalue weighted by Gasteiger charge is -2.01. The van der Waals surface area contributed by atoms with Gasteiger partial charge < -0.3 is 4.74 Å². The van der Waals surface area contributed by atoms with Crippen LogP contribution < -0.4 is 0 Å². The Labute approximate surface area is 103 Å². The Morgan fingerprint density at radius 3 is 2.61 bits per heavy atom. The van der Waals surface area contributed by atoms with Crippen molar-refractivity contribution in [3.05, 3.63) is 41.2 Å². The van der Waals surface area contributed by atoms with Gasteiger partial charge in [-0.1, -0.05) is 13.3 Å². The van der Waals surface area contributed by atoms with Gasteiger partial charge in [0, 0.05) is 11.6 Å². The van der Waals surface area contributed by atoms with Crippen molar-refractivity contribution in [1.82, 2.24) is 0 Å². The molecule has 0 aliphatic rings. The zero-order valence-electron chi connectivity index (χ0n) is 9.88. The minimum Gasteiger partial charge on any atom is -0.463 e. The van der Waals surface area contributed by atoms with Gasteiger partial charge in [-0.15, -0.1) is 0 Å². The summed E-state index contributed by atoms with van der Waals surface area (Å²) >= 11 is 0. The van der Waals surface area contributed by atoms with Crippen LogP contribution >= 0.6 is 0 Å². The van der Waals surface area contributed by atoms with E-state index in [1.165, 1.54) is 0 Å². The molecule has 0 saturated heterocycles. The van der Waals surface area contributed by atoms with E-state index in [1.54, 1.807) is 0 Å². The summed E-state index contributed by atoms with van der Waals surface area (Å²) in [5, 5.41) is 0. The van der Waals surface area contributed by atoms with Crippen LogP contribution in [0.15, 0.2) is 18.2 Å². The Morgan fingerprint density at radius 1 is 1.28 bits per heavy atom. The lowest BCUT2D eigenvalue weighted by Crippen LogP contribution is -2.02. The van der Waals surface area contributed by atoms with Crippen LogP contribution in [0.2, 0.25) is 0 Å². The minimum absolute atomic E-state index is 0.244. The molecule has 98 valence electrons. The maximum Gasteiger partial charge on any atom is 0.330 e. The predicted octanol–water partition coefficient (Wildman–Crippen LogP) is 3.46. The number of esters is 1. The molecule has 0 aliphatic heterocycles. The highest BCUT2D eigenvalue weighted by molar-refractivity contribution is 5.87. The van der Waals surface area contributed by atoms with Gasteiger partial charge in [-0.2, -0.15) is 0 Å². The van der Waals surface area contributed by atoms with Crippen molar-refractivity contribution in [2.45, 2.75) is 19.8 Å². The molecule has 0 unspecified atom stereocenters. The molecular weight excluding hydrogens is 245 g/mol. The van der Waals surface area contributed by atoms with Crippen LogP contribution in [0.3, 0.4) is 0 Å². The van der Waals surface area contributed by atoms with Gasteiger partial charge in [-0.3, -0.25) is 0 Å². The molecule has 1 aromatic rings. The van der Waals surface area contributed by atoms with Gasteiger partial charge in [0.15, 0.2) is 11.6 Å². The number of carbonyl (C=O) groups is 1. The number of unbranched alkanes of at least 4 members (excludes halogenated alkanes) is 1. The van der Waals surface area contributed by atoms with Gasteiger partial charge in [0.05, 0.1) is 6.61 Å². The third-order valence-electron chi connectivity index (χ3n) is 2.21. The molecule has 0 N–H and O–H groups in total. The summed E-state index contributed by atoms with van der Waals surface area (Å²) in [6.07, 6.45) is 3.31. The Hall–Kier alpha value is -1.78. The summed E-state index contributed by atoms with van der Waals surface area (Å²) < 4.78 is 44.0. The monoisotopic (exact) mass is 258 g/mol. The molecule has 0 atom stereocenters. The Kier molecular flexibility index (Phi) is 5.42. The van der Waals surface area contributed by atoms with Crippen LogP contribution in [0, 0.1) is 17.5 Å². The molecule has 1 rings (SSSR count). The topological polar surface area (TPSA) is 26.3 Å². The number of rotatable bonds is 5. The highest BCUT2D eigenvalue weighted by Crippen LogP contribution is 2.17. The van der Waals surface area contributed by atoms with Gasteiger partial charge in [0.1, 0.15) is 5.82 Å². The van der Waals surface area contributed by atoms with Crippen LogP contribution in [0.1, 0.15) is 25.3 Å². The zero-order chi connectivity index (χ0) is 13.5. The second-order valence-electron chi connectivity index (χ2n) is 3.61. The van der Waals surface area contributed by atoms with Crippen molar-refractivity contribution in [2.24, 2.45) is 0 Å². The van der Waals surface area contributed by atoms with E-state index in [2.05, 4.69) is 0 Å². The van der Waals surface area contributed by atoms with Crippen molar-refractivity contribution >= 4 is 12.0 Å². The standard InChI is InChI=1S/C13H13F3O2/c1-2-3-8-18-12(17)7-4-9-10(14)5-6-11(15)13(9)16/h4-7H,2-3,8H2,1H3/b7-4+. The van der Waals surface area contributed by atoms with E-state index >= 15 is 0 Å². The van der Waals surface area contributed by atoms with Gasteiger partial charge in [0.2, 0.25) is 0 Å². The van der Waals surface area contributed by atoms with E-state index in [4.69, 9.17) is 4.74 Å². The first-order valence-electron chi connectivity index (χ1n) is 5.54. The minimum atomic E-state index is -1.33. The van der Waals surface area contributed by atoms with E-state index in [0.29, 0.717) is 12.5 Å². The highest BCUT2D eigenvalue weighted by atomic mass is 19.2. The number of benzene rings is 1. The maximum absolute atomic E-state index is 13.2. The molecule has 5 heteroatoms. The van der Waals surface area contributed by atoms with Crippen LogP contribution in [0.25, 0.3) is 6.08 Å². The van der Waals surface area contributed by atoms with Gasteiger partial charge >= 0.3 is 5.97 Å². The van der Waals surface area contributed by atoms with E-state index in [1.807, 2.05) is 6.92 Å². The van der Waals surface area contributed by atoms with Gasteiger partial charge in [-0.25, -0.2) is 18.0 Å². The molecule has 0 aliphatic carbocycles. The molecule has 0 aromatic heterocycles. The van der Waals surface area contributed by atoms with E-state index in [9.17, 15) is 18.0 Å². The first-order chi connectivity index (χ1) is 8.56. The van der Waals surface area contributed by atoms with Crippen molar-refractivity contribution < 1.29 is 22.7 Å². The molecule has 0 bridgehead atoms. The van der Waals surface area contributed by atoms with Crippen LogP contribution in [0.5, 0.6) is 0 Å². The van der Waals surface area contributed by atoms with E-state index < -0.39 is 29.0 Å². The smallest absolute Gasteiger partial charge is 0.330 e. The summed E-state index contributed by atoms with van der Waals surface area (Å²) in [4.78, 5) is 11.2. The number of halogens is 3. The van der Waals surface area contributed by atoms with Gasteiger partial charge in [-0.05, 0) is 24.6 Å². The molecule has 0 radical (unpaired) electrons. The molecule has 0 spiro atoms. The molecule has 2 nitrogen and oxygen atoms in total. The second kappa shape index (κ2) is 6.83. The fourth-order valence-electron chi connectivity index (χ4n) is 1.21. The number of ether oxygens (including phenoxy) is 1. The first kappa shape index (κ1) is 14.3. The largest absolute Gasteiger partial charge is 0.463 e. The highest BCUT2D eigenvalue weighted by Gasteiger charge is 2.11. The fraction of sp³-hybridized carbons (Fsp3) is 0.308. The Balaban J connectivity index is 2.72. The van der Waals surface area contributed by atoms with Gasteiger partial charge in [0.25, 0.3) is 0 Å². The third kappa shape index (κ3) is 3.91. The number of hydrogen-bond donors (Lipinski definition) is 0. The molecule has 0 fully saturated rings. The van der Waals surface area contributed by atoms with Crippen LogP contribution in [-0.4, -0.2) is 12.6 Å². The molecule has 0 heterocycles. The van der Waals surface area contributed by atoms with Crippen molar-refractivity contribution in [1.29, 1.82) is 0 Å². The van der Waals surface area contributed by atoms with Crippen molar-refractivity contribution in [2.75, 3.05) is 6.61 Å². The molecular formula is C13H13F3O2. The molecule has 1 aromatic carbocycles. The first-order valence-corrected chi connectivity index (χ1v) is 5.54. The average molecular weight is 258 g/mol.